The maximum atomic E-state index is 13.1. The Morgan fingerprint density at radius 1 is 0.931 bits per heavy atom. The number of hydrogen-bond acceptors (Lipinski definition) is 7. The summed E-state index contributed by atoms with van der Waals surface area (Å²) in [6.07, 6.45) is 1.85. The van der Waals surface area contributed by atoms with Crippen molar-refractivity contribution in [3.63, 3.8) is 0 Å². The Morgan fingerprint density at radius 2 is 1.72 bits per heavy atom. The maximum Gasteiger partial charge on any atom is 0.277 e. The van der Waals surface area contributed by atoms with Crippen LogP contribution in [0.1, 0.15) is 18.1 Å². The molecule has 1 N–H and O–H groups in total. The highest BCUT2D eigenvalue weighted by atomic mass is 32.2. The summed E-state index contributed by atoms with van der Waals surface area (Å²) in [5, 5.41) is 17.6. The normalized spacial score (nSPS) is 12.5. The second-order valence-electron chi connectivity index (χ2n) is 6.33. The zero-order valence-corrected chi connectivity index (χ0v) is 16.0. The van der Waals surface area contributed by atoms with Crippen molar-refractivity contribution in [2.45, 2.75) is 17.4 Å². The number of nitrogens with zero attached hydrogens (tertiary/aromatic N) is 4. The predicted molar refractivity (Wildman–Crippen MR) is 106 cm³/mol. The average molecular weight is 407 g/mol. The first-order chi connectivity index (χ1) is 14.2. The van der Waals surface area contributed by atoms with Crippen LogP contribution in [0.2, 0.25) is 0 Å². The molecule has 2 aromatic carbocycles. The van der Waals surface area contributed by atoms with Gasteiger partial charge in [0, 0.05) is 22.7 Å². The van der Waals surface area contributed by atoms with E-state index < -0.39 is 0 Å². The molecule has 0 bridgehead atoms. The van der Waals surface area contributed by atoms with Gasteiger partial charge in [0.15, 0.2) is 0 Å². The minimum Gasteiger partial charge on any atom is -0.419 e. The zero-order valence-electron chi connectivity index (χ0n) is 15.2. The molecule has 144 valence electrons. The van der Waals surface area contributed by atoms with Crippen LogP contribution in [0.25, 0.3) is 33.8 Å². The smallest absolute Gasteiger partial charge is 0.277 e. The van der Waals surface area contributed by atoms with Gasteiger partial charge in [0.2, 0.25) is 11.8 Å². The van der Waals surface area contributed by atoms with E-state index in [-0.39, 0.29) is 11.1 Å². The fraction of sp³-hybridized carbons (Fsp3) is 0.100. The quantitative estimate of drug-likeness (QED) is 0.397. The van der Waals surface area contributed by atoms with E-state index in [0.717, 1.165) is 16.5 Å². The Labute approximate surface area is 168 Å². The number of nitrogens with one attached hydrogen (secondary N) is 1. The van der Waals surface area contributed by atoms with Crippen molar-refractivity contribution in [3.8, 4) is 22.9 Å². The molecule has 5 rings (SSSR count). The molecule has 0 aliphatic heterocycles. The molecule has 0 fully saturated rings. The predicted octanol–water partition coefficient (Wildman–Crippen LogP) is 5.26. The molecule has 0 spiro atoms. The van der Waals surface area contributed by atoms with E-state index >= 15 is 0 Å². The van der Waals surface area contributed by atoms with Crippen molar-refractivity contribution in [3.05, 3.63) is 66.4 Å². The summed E-state index contributed by atoms with van der Waals surface area (Å²) in [4.78, 5) is 3.19. The van der Waals surface area contributed by atoms with Gasteiger partial charge in [-0.15, -0.1) is 20.4 Å². The lowest BCUT2D eigenvalue weighted by atomic mass is 10.2. The van der Waals surface area contributed by atoms with Crippen LogP contribution < -0.4 is 0 Å². The summed E-state index contributed by atoms with van der Waals surface area (Å²) in [6.45, 7) is 1.90. The molecule has 0 radical (unpaired) electrons. The van der Waals surface area contributed by atoms with Crippen LogP contribution in [0.5, 0.6) is 0 Å². The van der Waals surface area contributed by atoms with Crippen molar-refractivity contribution in [2.24, 2.45) is 0 Å². The van der Waals surface area contributed by atoms with E-state index in [1.165, 1.54) is 23.9 Å². The van der Waals surface area contributed by atoms with Gasteiger partial charge >= 0.3 is 0 Å². The molecular formula is C20H14FN5O2S. The number of aromatic nitrogens is 5. The Bertz CT molecular complexity index is 1280. The van der Waals surface area contributed by atoms with Gasteiger partial charge in [0.1, 0.15) is 5.82 Å². The maximum absolute atomic E-state index is 13.1. The molecule has 0 saturated heterocycles. The molecule has 1 atom stereocenters. The fourth-order valence-electron chi connectivity index (χ4n) is 2.92. The van der Waals surface area contributed by atoms with E-state index in [0.29, 0.717) is 28.5 Å². The number of benzene rings is 2. The number of thioether (sulfide) groups is 1. The van der Waals surface area contributed by atoms with E-state index in [2.05, 4.69) is 25.4 Å². The highest BCUT2D eigenvalue weighted by Crippen LogP contribution is 2.36. The van der Waals surface area contributed by atoms with Crippen LogP contribution in [0.4, 0.5) is 4.39 Å². The number of aromatic amines is 1. The van der Waals surface area contributed by atoms with Crippen LogP contribution in [-0.4, -0.2) is 25.4 Å². The lowest BCUT2D eigenvalue weighted by molar-refractivity contribution is 0.461. The first kappa shape index (κ1) is 17.6. The van der Waals surface area contributed by atoms with Gasteiger partial charge in [-0.3, -0.25) is 0 Å². The standard InChI is InChI=1S/C20H14FN5O2S/c1-11(17-23-24-18(27-17)12-6-8-13(21)9-7-12)29-20-26-25-19(28-20)15-10-22-16-5-3-2-4-14(15)16/h2-11,22H,1H3/t11-/m1/s1. The lowest BCUT2D eigenvalue weighted by Gasteiger charge is -2.01. The number of hydrogen-bond donors (Lipinski definition) is 1. The van der Waals surface area contributed by atoms with Gasteiger partial charge < -0.3 is 13.8 Å². The van der Waals surface area contributed by atoms with E-state index in [1.807, 2.05) is 37.4 Å². The number of rotatable bonds is 5. The van der Waals surface area contributed by atoms with Crippen LogP contribution in [0, 0.1) is 5.82 Å². The van der Waals surface area contributed by atoms with Crippen LogP contribution in [0.15, 0.2) is 68.8 Å². The first-order valence-corrected chi connectivity index (χ1v) is 9.71. The summed E-state index contributed by atoms with van der Waals surface area (Å²) in [5.41, 5.74) is 2.51. The second kappa shape index (κ2) is 7.17. The SMILES string of the molecule is C[C@@H](Sc1nnc(-c2c[nH]c3ccccc23)o1)c1nnc(-c2ccc(F)cc2)o1. The molecule has 0 aliphatic rings. The third kappa shape index (κ3) is 3.40. The minimum atomic E-state index is -0.320. The second-order valence-corrected chi connectivity index (χ2v) is 7.63. The Hall–Kier alpha value is -3.46. The summed E-state index contributed by atoms with van der Waals surface area (Å²) in [6, 6.07) is 13.8. The monoisotopic (exact) mass is 407 g/mol. The van der Waals surface area contributed by atoms with Crippen LogP contribution in [-0.2, 0) is 0 Å². The molecule has 7 nitrogen and oxygen atoms in total. The van der Waals surface area contributed by atoms with E-state index in [9.17, 15) is 4.39 Å². The first-order valence-electron chi connectivity index (χ1n) is 8.83. The van der Waals surface area contributed by atoms with Gasteiger partial charge in [-0.2, -0.15) is 0 Å². The van der Waals surface area contributed by atoms with Crippen molar-refractivity contribution >= 4 is 22.7 Å². The van der Waals surface area contributed by atoms with Crippen LogP contribution in [0.3, 0.4) is 0 Å². The summed E-state index contributed by atoms with van der Waals surface area (Å²) < 4.78 is 24.6. The van der Waals surface area contributed by atoms with Crippen molar-refractivity contribution in [2.75, 3.05) is 0 Å². The molecular weight excluding hydrogens is 393 g/mol. The molecule has 9 heteroatoms. The fourth-order valence-corrected chi connectivity index (χ4v) is 3.64. The van der Waals surface area contributed by atoms with Gasteiger partial charge in [0.05, 0.1) is 10.8 Å². The van der Waals surface area contributed by atoms with Crippen molar-refractivity contribution < 1.29 is 13.2 Å². The van der Waals surface area contributed by atoms with Crippen LogP contribution >= 0.6 is 11.8 Å². The highest BCUT2D eigenvalue weighted by Gasteiger charge is 2.20. The van der Waals surface area contributed by atoms with E-state index in [4.69, 9.17) is 8.83 Å². The van der Waals surface area contributed by atoms with Crippen molar-refractivity contribution in [1.29, 1.82) is 0 Å². The summed E-state index contributed by atoms with van der Waals surface area (Å²) in [5.74, 6) is 0.869. The molecule has 0 aliphatic carbocycles. The van der Waals surface area contributed by atoms with Crippen molar-refractivity contribution in [1.82, 2.24) is 25.4 Å². The average Bonchev–Trinajstić information content (AvgIpc) is 3.47. The largest absolute Gasteiger partial charge is 0.419 e. The molecule has 3 heterocycles. The lowest BCUT2D eigenvalue weighted by Crippen LogP contribution is -1.88. The number of halogens is 1. The van der Waals surface area contributed by atoms with Gasteiger partial charge in [-0.05, 0) is 37.3 Å². The molecule has 0 saturated carbocycles. The molecule has 3 aromatic heterocycles. The third-order valence-corrected chi connectivity index (χ3v) is 5.31. The summed E-state index contributed by atoms with van der Waals surface area (Å²) >= 11 is 1.32. The van der Waals surface area contributed by atoms with Gasteiger partial charge in [-0.25, -0.2) is 4.39 Å². The minimum absolute atomic E-state index is 0.201. The topological polar surface area (TPSA) is 93.6 Å². The Balaban J connectivity index is 1.34. The molecule has 0 unspecified atom stereocenters. The molecule has 5 aromatic rings. The Kier molecular flexibility index (Phi) is 4.36. The summed E-state index contributed by atoms with van der Waals surface area (Å²) in [7, 11) is 0. The number of para-hydroxylation sites is 1. The highest BCUT2D eigenvalue weighted by molar-refractivity contribution is 7.99. The molecule has 0 amide bonds. The van der Waals surface area contributed by atoms with E-state index in [1.54, 1.807) is 12.1 Å². The third-order valence-electron chi connectivity index (χ3n) is 4.38. The zero-order chi connectivity index (χ0) is 19.8. The Morgan fingerprint density at radius 3 is 2.59 bits per heavy atom. The molecule has 29 heavy (non-hydrogen) atoms. The van der Waals surface area contributed by atoms with Gasteiger partial charge in [-0.1, -0.05) is 30.0 Å². The number of fused-ring (bicyclic) bond motifs is 1. The number of H-pyrrole nitrogens is 1. The van der Waals surface area contributed by atoms with Gasteiger partial charge in [0.25, 0.3) is 11.1 Å².